The monoisotopic (exact) mass is 396 g/mol. The molecule has 2 amide bonds. The van der Waals surface area contributed by atoms with Crippen molar-refractivity contribution in [1.82, 2.24) is 14.9 Å². The number of nitrogens with zero attached hydrogens (tertiary/aromatic N) is 4. The lowest BCUT2D eigenvalue weighted by Gasteiger charge is -2.35. The zero-order valence-corrected chi connectivity index (χ0v) is 16.5. The fourth-order valence-electron chi connectivity index (χ4n) is 3.10. The fourth-order valence-corrected chi connectivity index (χ4v) is 3.10. The average molecular weight is 396 g/mol. The molecule has 9 heteroatoms. The van der Waals surface area contributed by atoms with Crippen LogP contribution in [-0.2, 0) is 9.53 Å². The van der Waals surface area contributed by atoms with E-state index in [1.54, 1.807) is 17.3 Å². The number of primary amides is 1. The number of nitrogens with two attached hydrogens (primary N) is 1. The highest BCUT2D eigenvalue weighted by molar-refractivity contribution is 6.03. The van der Waals surface area contributed by atoms with Crippen molar-refractivity contribution in [2.45, 2.75) is 13.8 Å². The number of rotatable bonds is 5. The van der Waals surface area contributed by atoms with Gasteiger partial charge in [-0.25, -0.2) is 9.78 Å². The molecule has 0 spiro atoms. The van der Waals surface area contributed by atoms with Crippen molar-refractivity contribution < 1.29 is 14.3 Å². The number of hydrogen-bond acceptors (Lipinski definition) is 6. The van der Waals surface area contributed by atoms with Gasteiger partial charge in [-0.3, -0.25) is 4.79 Å². The number of aromatic nitrogens is 2. The van der Waals surface area contributed by atoms with Crippen LogP contribution in [0.2, 0.25) is 0 Å². The van der Waals surface area contributed by atoms with Crippen molar-refractivity contribution in [2.75, 3.05) is 37.7 Å². The maximum absolute atomic E-state index is 12.1. The summed E-state index contributed by atoms with van der Waals surface area (Å²) in [5, 5.41) is 9.86. The maximum Gasteiger partial charge on any atom is 0.409 e. The number of ether oxygens (including phenoxy) is 1. The quantitative estimate of drug-likeness (QED) is 0.586. The highest BCUT2D eigenvalue weighted by Crippen LogP contribution is 2.25. The van der Waals surface area contributed by atoms with Crippen molar-refractivity contribution in [3.05, 3.63) is 29.6 Å². The largest absolute Gasteiger partial charge is 0.449 e. The zero-order valence-electron chi connectivity index (χ0n) is 16.5. The molecular weight excluding hydrogens is 372 g/mol. The van der Waals surface area contributed by atoms with Crippen LogP contribution < -0.4 is 10.6 Å². The van der Waals surface area contributed by atoms with Gasteiger partial charge in [0.1, 0.15) is 17.3 Å². The maximum atomic E-state index is 12.1. The second-order valence-corrected chi connectivity index (χ2v) is 7.31. The highest BCUT2D eigenvalue weighted by Gasteiger charge is 2.23. The molecule has 1 aliphatic heterocycles. The summed E-state index contributed by atoms with van der Waals surface area (Å²) in [6.07, 6.45) is 4.62. The molecule has 0 radical (unpaired) electrons. The number of fused-ring (bicyclic) bond motifs is 1. The van der Waals surface area contributed by atoms with Gasteiger partial charge in [0, 0.05) is 43.3 Å². The van der Waals surface area contributed by atoms with Crippen LogP contribution in [-0.4, -0.2) is 59.7 Å². The van der Waals surface area contributed by atoms with Crippen LogP contribution in [0.1, 0.15) is 19.4 Å². The first-order valence-corrected chi connectivity index (χ1v) is 9.44. The molecule has 0 saturated carbocycles. The van der Waals surface area contributed by atoms with E-state index in [9.17, 15) is 9.59 Å². The number of H-pyrrole nitrogens is 1. The lowest BCUT2D eigenvalue weighted by atomic mass is 10.1. The van der Waals surface area contributed by atoms with E-state index in [1.807, 2.05) is 26.0 Å². The van der Waals surface area contributed by atoms with E-state index in [2.05, 4.69) is 14.9 Å². The Morgan fingerprint density at radius 3 is 2.72 bits per heavy atom. The van der Waals surface area contributed by atoms with Gasteiger partial charge < -0.3 is 25.3 Å². The number of nitrogens with one attached hydrogen (secondary N) is 1. The number of amides is 2. The Hall–Kier alpha value is -3.54. The third kappa shape index (κ3) is 4.66. The van der Waals surface area contributed by atoms with Gasteiger partial charge in [-0.2, -0.15) is 5.26 Å². The van der Waals surface area contributed by atoms with Gasteiger partial charge in [-0.05, 0) is 18.1 Å². The lowest BCUT2D eigenvalue weighted by molar-refractivity contribution is -0.114. The molecule has 0 unspecified atom stereocenters. The number of carbonyl (C=O) groups is 2. The number of hydrogen-bond donors (Lipinski definition) is 2. The van der Waals surface area contributed by atoms with E-state index < -0.39 is 5.91 Å². The molecule has 0 bridgehead atoms. The average Bonchev–Trinajstić information content (AvgIpc) is 3.12. The summed E-state index contributed by atoms with van der Waals surface area (Å²) < 4.78 is 5.30. The standard InChI is InChI=1S/C20H24N6O3/c1-13(2)12-29-20(28)26-5-3-25(4-6-26)16-8-17-15(7-14(9-21)18(22)27)10-23-19(17)24-11-16/h7-8,10-11,13H,3-6,12H2,1-2H3,(H2,22,27)(H,23,24)/b14-7-. The number of piperazine rings is 1. The molecule has 1 aliphatic rings. The topological polar surface area (TPSA) is 128 Å². The first kappa shape index (κ1) is 20.2. The highest BCUT2D eigenvalue weighted by atomic mass is 16.6. The van der Waals surface area contributed by atoms with Crippen molar-refractivity contribution in [1.29, 1.82) is 5.26 Å². The normalized spacial score (nSPS) is 14.9. The zero-order chi connectivity index (χ0) is 21.0. The predicted molar refractivity (Wildman–Crippen MR) is 109 cm³/mol. The van der Waals surface area contributed by atoms with Crippen LogP contribution in [0.5, 0.6) is 0 Å². The fraction of sp³-hybridized carbons (Fsp3) is 0.400. The van der Waals surface area contributed by atoms with E-state index in [0.29, 0.717) is 49.9 Å². The van der Waals surface area contributed by atoms with E-state index in [0.717, 1.165) is 11.1 Å². The van der Waals surface area contributed by atoms with Crippen LogP contribution in [0.15, 0.2) is 24.0 Å². The Kier molecular flexibility index (Phi) is 6.02. The third-order valence-corrected chi connectivity index (χ3v) is 4.68. The SMILES string of the molecule is CC(C)COC(=O)N1CCN(c2cnc3[nH]cc(/C=C(/C#N)C(N)=O)c3c2)CC1. The Morgan fingerprint density at radius 2 is 2.10 bits per heavy atom. The summed E-state index contributed by atoms with van der Waals surface area (Å²) in [5.74, 6) is -0.467. The van der Waals surface area contributed by atoms with E-state index in [4.69, 9.17) is 15.7 Å². The van der Waals surface area contributed by atoms with Crippen molar-refractivity contribution in [2.24, 2.45) is 11.7 Å². The molecule has 9 nitrogen and oxygen atoms in total. The number of aromatic amines is 1. The van der Waals surface area contributed by atoms with Gasteiger partial charge in [-0.15, -0.1) is 0 Å². The first-order valence-electron chi connectivity index (χ1n) is 9.44. The number of anilines is 1. The van der Waals surface area contributed by atoms with Gasteiger partial charge in [0.2, 0.25) is 0 Å². The molecule has 3 rings (SSSR count). The first-order chi connectivity index (χ1) is 13.9. The molecule has 29 heavy (non-hydrogen) atoms. The van der Waals surface area contributed by atoms with Crippen molar-refractivity contribution >= 4 is 34.8 Å². The Bertz CT molecular complexity index is 980. The summed E-state index contributed by atoms with van der Waals surface area (Å²) in [7, 11) is 0. The molecule has 2 aromatic heterocycles. The Morgan fingerprint density at radius 1 is 1.38 bits per heavy atom. The van der Waals surface area contributed by atoms with Crippen LogP contribution >= 0.6 is 0 Å². The smallest absolute Gasteiger partial charge is 0.409 e. The number of pyridine rings is 1. The molecule has 0 aromatic carbocycles. The molecule has 3 N–H and O–H groups in total. The molecule has 1 fully saturated rings. The minimum absolute atomic E-state index is 0.121. The Balaban J connectivity index is 1.73. The van der Waals surface area contributed by atoms with Crippen molar-refractivity contribution in [3.63, 3.8) is 0 Å². The second kappa shape index (κ2) is 8.65. The van der Waals surface area contributed by atoms with Crippen LogP contribution in [0.4, 0.5) is 10.5 Å². The van der Waals surface area contributed by atoms with Gasteiger partial charge in [0.25, 0.3) is 5.91 Å². The van der Waals surface area contributed by atoms with Crippen LogP contribution in [0.25, 0.3) is 17.1 Å². The van der Waals surface area contributed by atoms with Gasteiger partial charge in [0.05, 0.1) is 18.5 Å². The summed E-state index contributed by atoms with van der Waals surface area (Å²) in [6, 6.07) is 3.76. The van der Waals surface area contributed by atoms with Gasteiger partial charge in [-0.1, -0.05) is 13.8 Å². The molecule has 2 aromatic rings. The van der Waals surface area contributed by atoms with Crippen LogP contribution in [0.3, 0.4) is 0 Å². The summed E-state index contributed by atoms with van der Waals surface area (Å²) in [6.45, 7) is 6.86. The van der Waals surface area contributed by atoms with E-state index in [-0.39, 0.29) is 11.7 Å². The minimum Gasteiger partial charge on any atom is -0.449 e. The summed E-state index contributed by atoms with van der Waals surface area (Å²) >= 11 is 0. The van der Waals surface area contributed by atoms with Gasteiger partial charge in [0.15, 0.2) is 0 Å². The second-order valence-electron chi connectivity index (χ2n) is 7.31. The number of carbonyl (C=O) groups excluding carboxylic acids is 2. The van der Waals surface area contributed by atoms with E-state index in [1.165, 1.54) is 6.08 Å². The summed E-state index contributed by atoms with van der Waals surface area (Å²) in [4.78, 5) is 34.7. The Labute approximate surface area is 168 Å². The molecular formula is C20H24N6O3. The van der Waals surface area contributed by atoms with Crippen LogP contribution in [0, 0.1) is 17.2 Å². The molecule has 3 heterocycles. The number of nitriles is 1. The van der Waals surface area contributed by atoms with E-state index >= 15 is 0 Å². The predicted octanol–water partition coefficient (Wildman–Crippen LogP) is 1.87. The summed E-state index contributed by atoms with van der Waals surface area (Å²) in [5.41, 5.74) is 7.32. The minimum atomic E-state index is -0.772. The third-order valence-electron chi connectivity index (χ3n) is 4.68. The lowest BCUT2D eigenvalue weighted by Crippen LogP contribution is -2.49. The van der Waals surface area contributed by atoms with Crippen molar-refractivity contribution in [3.8, 4) is 6.07 Å². The van der Waals surface area contributed by atoms with Gasteiger partial charge >= 0.3 is 6.09 Å². The molecule has 1 saturated heterocycles. The molecule has 0 aliphatic carbocycles. The molecule has 0 atom stereocenters. The molecule has 152 valence electrons.